The Labute approximate surface area is 179 Å². The fraction of sp³-hybridized carbons (Fsp3) is 0.619. The number of carbonyl (C=O) groups is 1. The molecule has 0 saturated carbocycles. The first-order valence-corrected chi connectivity index (χ1v) is 10.1. The number of hydrogen-bond acceptors (Lipinski definition) is 4. The molecule has 0 bridgehead atoms. The molecular formula is C21H29F3N4O3. The van der Waals surface area contributed by atoms with Crippen LogP contribution >= 0.6 is 0 Å². The van der Waals surface area contributed by atoms with Gasteiger partial charge >= 0.3 is 12.2 Å². The molecule has 1 aliphatic rings. The number of hydrogen-bond donors (Lipinski definition) is 2. The summed E-state index contributed by atoms with van der Waals surface area (Å²) >= 11 is 0. The molecule has 1 saturated heterocycles. The fourth-order valence-electron chi connectivity index (χ4n) is 3.56. The van der Waals surface area contributed by atoms with E-state index in [1.54, 1.807) is 12.0 Å². The second kappa shape index (κ2) is 8.31. The van der Waals surface area contributed by atoms with Gasteiger partial charge in [-0.15, -0.1) is 0 Å². The van der Waals surface area contributed by atoms with E-state index < -0.39 is 11.8 Å². The number of aromatic amines is 1. The van der Waals surface area contributed by atoms with Gasteiger partial charge in [-0.1, -0.05) is 6.07 Å². The number of H-pyrrole nitrogens is 1. The van der Waals surface area contributed by atoms with E-state index in [-0.39, 0.29) is 30.6 Å². The van der Waals surface area contributed by atoms with Gasteiger partial charge in [-0.25, -0.2) is 9.78 Å². The summed E-state index contributed by atoms with van der Waals surface area (Å²) < 4.78 is 49.2. The van der Waals surface area contributed by atoms with Crippen molar-refractivity contribution in [3.05, 3.63) is 29.6 Å². The molecule has 2 N–H and O–H groups in total. The summed E-state index contributed by atoms with van der Waals surface area (Å²) in [6.07, 6.45) is -4.23. The summed E-state index contributed by atoms with van der Waals surface area (Å²) in [7, 11) is 1.58. The lowest BCUT2D eigenvalue weighted by Gasteiger charge is -2.27. The van der Waals surface area contributed by atoms with Gasteiger partial charge in [-0.2, -0.15) is 13.2 Å². The van der Waals surface area contributed by atoms with Crippen LogP contribution in [-0.4, -0.2) is 65.1 Å². The number of methoxy groups -OCH3 is 1. The van der Waals surface area contributed by atoms with Crippen molar-refractivity contribution < 1.29 is 27.4 Å². The van der Waals surface area contributed by atoms with Crippen LogP contribution in [0.2, 0.25) is 0 Å². The lowest BCUT2D eigenvalue weighted by atomic mass is 10.0. The largest absolute Gasteiger partial charge is 0.416 e. The Hall–Kier alpha value is -2.33. The Kier molecular flexibility index (Phi) is 6.25. The number of halogens is 3. The molecule has 1 aliphatic heterocycles. The Morgan fingerprint density at radius 2 is 2.00 bits per heavy atom. The number of rotatable bonds is 8. The maximum Gasteiger partial charge on any atom is 0.416 e. The SMILES string of the molecule is COC[C@@H](c1ccc2nc(CCOC(C)(C)C(F)(F)F)[nH]c2c1)N1CC(C)(C)NC1=O. The van der Waals surface area contributed by atoms with Crippen molar-refractivity contribution in [2.75, 3.05) is 26.9 Å². The molecule has 10 heteroatoms. The minimum atomic E-state index is -4.44. The van der Waals surface area contributed by atoms with Gasteiger partial charge in [0.25, 0.3) is 0 Å². The molecule has 0 radical (unpaired) electrons. The zero-order valence-corrected chi connectivity index (χ0v) is 18.4. The Balaban J connectivity index is 1.76. The van der Waals surface area contributed by atoms with Crippen LogP contribution in [0, 0.1) is 0 Å². The molecule has 1 aromatic carbocycles. The van der Waals surface area contributed by atoms with E-state index in [2.05, 4.69) is 15.3 Å². The molecule has 0 spiro atoms. The lowest BCUT2D eigenvalue weighted by molar-refractivity contribution is -0.263. The van der Waals surface area contributed by atoms with Crippen LogP contribution in [-0.2, 0) is 15.9 Å². The van der Waals surface area contributed by atoms with Crippen LogP contribution in [0.5, 0.6) is 0 Å². The smallest absolute Gasteiger partial charge is 0.382 e. The van der Waals surface area contributed by atoms with Crippen molar-refractivity contribution in [3.8, 4) is 0 Å². The summed E-state index contributed by atoms with van der Waals surface area (Å²) in [4.78, 5) is 21.8. The molecule has 0 aliphatic carbocycles. The van der Waals surface area contributed by atoms with Crippen LogP contribution in [0.15, 0.2) is 18.2 Å². The van der Waals surface area contributed by atoms with Crippen LogP contribution in [0.1, 0.15) is 45.1 Å². The third kappa shape index (κ3) is 5.12. The highest BCUT2D eigenvalue weighted by Crippen LogP contribution is 2.33. The van der Waals surface area contributed by atoms with Gasteiger partial charge in [0.2, 0.25) is 0 Å². The van der Waals surface area contributed by atoms with Crippen molar-refractivity contribution in [3.63, 3.8) is 0 Å². The maximum absolute atomic E-state index is 12.9. The average Bonchev–Trinajstić information content (AvgIpc) is 3.16. The van der Waals surface area contributed by atoms with E-state index in [0.29, 0.717) is 24.5 Å². The first kappa shape index (κ1) is 23.3. The normalized spacial score (nSPS) is 17.9. The quantitative estimate of drug-likeness (QED) is 0.649. The van der Waals surface area contributed by atoms with Crippen LogP contribution in [0.25, 0.3) is 11.0 Å². The van der Waals surface area contributed by atoms with Crippen LogP contribution in [0.4, 0.5) is 18.0 Å². The second-order valence-electron chi connectivity index (χ2n) is 8.98. The highest BCUT2D eigenvalue weighted by molar-refractivity contribution is 5.79. The molecule has 1 fully saturated rings. The van der Waals surface area contributed by atoms with Crippen LogP contribution in [0.3, 0.4) is 0 Å². The minimum Gasteiger partial charge on any atom is -0.382 e. The van der Waals surface area contributed by atoms with E-state index >= 15 is 0 Å². The molecule has 31 heavy (non-hydrogen) atoms. The Morgan fingerprint density at radius 3 is 2.58 bits per heavy atom. The second-order valence-corrected chi connectivity index (χ2v) is 8.98. The Morgan fingerprint density at radius 1 is 1.29 bits per heavy atom. The van der Waals surface area contributed by atoms with Gasteiger partial charge in [0.1, 0.15) is 5.82 Å². The van der Waals surface area contributed by atoms with Crippen molar-refractivity contribution in [1.29, 1.82) is 0 Å². The number of urea groups is 1. The maximum atomic E-state index is 12.9. The number of ether oxygens (including phenoxy) is 2. The number of aromatic nitrogens is 2. The molecule has 2 aromatic rings. The van der Waals surface area contributed by atoms with Gasteiger partial charge in [-0.3, -0.25) is 0 Å². The number of alkyl halides is 3. The molecule has 172 valence electrons. The number of amides is 2. The van der Waals surface area contributed by atoms with Gasteiger partial charge in [0.05, 0.1) is 35.8 Å². The molecule has 2 heterocycles. The predicted octanol–water partition coefficient (Wildman–Crippen LogP) is 3.95. The summed E-state index contributed by atoms with van der Waals surface area (Å²) in [6, 6.07) is 5.18. The predicted molar refractivity (Wildman–Crippen MR) is 110 cm³/mol. The van der Waals surface area contributed by atoms with Crippen LogP contribution < -0.4 is 5.32 Å². The zero-order chi connectivity index (χ0) is 23.0. The zero-order valence-electron chi connectivity index (χ0n) is 18.4. The molecule has 3 rings (SSSR count). The topological polar surface area (TPSA) is 79.5 Å². The van der Waals surface area contributed by atoms with Gasteiger partial charge in [-0.05, 0) is 45.4 Å². The highest BCUT2D eigenvalue weighted by Gasteiger charge is 2.48. The number of nitrogens with zero attached hydrogens (tertiary/aromatic N) is 2. The first-order valence-electron chi connectivity index (χ1n) is 10.1. The average molecular weight is 442 g/mol. The fourth-order valence-corrected chi connectivity index (χ4v) is 3.56. The third-order valence-electron chi connectivity index (χ3n) is 5.40. The number of imidazole rings is 1. The van der Waals surface area contributed by atoms with Crippen molar-refractivity contribution >= 4 is 17.1 Å². The van der Waals surface area contributed by atoms with E-state index in [9.17, 15) is 18.0 Å². The summed E-state index contributed by atoms with van der Waals surface area (Å²) in [5.74, 6) is 0.536. The van der Waals surface area contributed by atoms with Gasteiger partial charge in [0, 0.05) is 20.1 Å². The molecule has 7 nitrogen and oxygen atoms in total. The van der Waals surface area contributed by atoms with Gasteiger partial charge in [0.15, 0.2) is 5.60 Å². The highest BCUT2D eigenvalue weighted by atomic mass is 19.4. The molecule has 1 aromatic heterocycles. The molecule has 1 atom stereocenters. The number of carbonyl (C=O) groups excluding carboxylic acids is 1. The summed E-state index contributed by atoms with van der Waals surface area (Å²) in [5.41, 5.74) is -0.243. The Bertz CT molecular complexity index is 940. The molecule has 0 unspecified atom stereocenters. The summed E-state index contributed by atoms with van der Waals surface area (Å²) in [6.45, 7) is 6.68. The van der Waals surface area contributed by atoms with E-state index in [0.717, 1.165) is 24.9 Å². The van der Waals surface area contributed by atoms with Gasteiger partial charge < -0.3 is 24.7 Å². The summed E-state index contributed by atoms with van der Waals surface area (Å²) in [5, 5.41) is 2.96. The molecule has 2 amide bonds. The van der Waals surface area contributed by atoms with E-state index in [1.165, 1.54) is 0 Å². The number of nitrogens with one attached hydrogen (secondary N) is 2. The minimum absolute atomic E-state index is 0.117. The molecular weight excluding hydrogens is 413 g/mol. The standard InChI is InChI=1S/C21H29F3N4O3/c1-19(2)12-28(18(29)27-19)16(11-30-5)13-6-7-14-15(10-13)26-17(25-14)8-9-31-20(3,4)21(22,23)24/h6-7,10,16H,8-9,11-12H2,1-5H3,(H,25,26)(H,27,29)/t16-/m0/s1. The monoisotopic (exact) mass is 442 g/mol. The number of benzene rings is 1. The van der Waals surface area contributed by atoms with E-state index in [4.69, 9.17) is 9.47 Å². The van der Waals surface area contributed by atoms with Crippen molar-refractivity contribution in [2.24, 2.45) is 0 Å². The lowest BCUT2D eigenvalue weighted by Crippen LogP contribution is -2.42. The number of fused-ring (bicyclic) bond motifs is 1. The third-order valence-corrected chi connectivity index (χ3v) is 5.40. The van der Waals surface area contributed by atoms with E-state index in [1.807, 2.05) is 32.0 Å². The first-order chi connectivity index (χ1) is 14.3. The van der Waals surface area contributed by atoms with Crippen molar-refractivity contribution in [1.82, 2.24) is 20.2 Å². The van der Waals surface area contributed by atoms with Crippen molar-refractivity contribution in [2.45, 2.75) is 57.5 Å².